The van der Waals surface area contributed by atoms with E-state index in [9.17, 15) is 13.2 Å². The van der Waals surface area contributed by atoms with Gasteiger partial charge in [0.2, 0.25) is 0 Å². The molecule has 2 aromatic rings. The molecule has 0 bridgehead atoms. The fourth-order valence-electron chi connectivity index (χ4n) is 2.63. The molecule has 0 amide bonds. The molecule has 0 aromatic heterocycles. The van der Waals surface area contributed by atoms with E-state index in [2.05, 4.69) is 15.9 Å². The molecular weight excluding hydrogens is 430 g/mol. The van der Waals surface area contributed by atoms with Crippen LogP contribution in [0.1, 0.15) is 36.7 Å². The Kier molecular flexibility index (Phi) is 7.06. The van der Waals surface area contributed by atoms with E-state index < -0.39 is 16.0 Å². The van der Waals surface area contributed by atoms with Crippen molar-refractivity contribution in [3.05, 3.63) is 58.1 Å². The molecule has 0 fully saturated rings. The van der Waals surface area contributed by atoms with Crippen molar-refractivity contribution in [3.63, 3.8) is 0 Å². The summed E-state index contributed by atoms with van der Waals surface area (Å²) in [5.74, 6) is -0.470. The number of sulfonamides is 1. The molecule has 0 aliphatic heterocycles. The summed E-state index contributed by atoms with van der Waals surface area (Å²) < 4.78 is 33.3. The van der Waals surface area contributed by atoms with E-state index in [1.54, 1.807) is 6.07 Å². The van der Waals surface area contributed by atoms with Crippen LogP contribution in [0.4, 0.5) is 5.69 Å². The van der Waals surface area contributed by atoms with E-state index >= 15 is 0 Å². The molecule has 0 atom stereocenters. The molecule has 0 saturated heterocycles. The normalized spacial score (nSPS) is 11.5. The minimum absolute atomic E-state index is 0.0475. The van der Waals surface area contributed by atoms with Crippen LogP contribution in [0.3, 0.4) is 0 Å². The standard InChI is InChI=1S/C20H24BrNO4S/c1-5-15-6-8-16(9-7-15)22(13-14(2)3)27(24,25)17-10-11-19(21)18(12-17)20(23)26-4/h6-12,14H,5,13H2,1-4H3. The molecule has 2 rings (SSSR count). The van der Waals surface area contributed by atoms with Gasteiger partial charge in [-0.15, -0.1) is 0 Å². The van der Waals surface area contributed by atoms with Gasteiger partial charge in [-0.05, 0) is 64.2 Å². The number of hydrogen-bond donors (Lipinski definition) is 0. The molecule has 146 valence electrons. The molecule has 0 radical (unpaired) electrons. The summed E-state index contributed by atoms with van der Waals surface area (Å²) in [5, 5.41) is 0. The minimum atomic E-state index is -3.85. The molecule has 0 aliphatic carbocycles. The summed E-state index contributed by atoms with van der Waals surface area (Å²) in [6.45, 7) is 6.31. The first kappa shape index (κ1) is 21.4. The Balaban J connectivity index is 2.55. The lowest BCUT2D eigenvalue weighted by atomic mass is 10.1. The van der Waals surface area contributed by atoms with Gasteiger partial charge in [-0.25, -0.2) is 13.2 Å². The highest BCUT2D eigenvalue weighted by Gasteiger charge is 2.27. The molecule has 27 heavy (non-hydrogen) atoms. The summed E-state index contributed by atoms with van der Waals surface area (Å²) in [7, 11) is -2.58. The number of anilines is 1. The Hall–Kier alpha value is -1.86. The van der Waals surface area contributed by atoms with Crippen molar-refractivity contribution in [2.24, 2.45) is 5.92 Å². The van der Waals surface area contributed by atoms with Crippen molar-refractivity contribution in [2.45, 2.75) is 32.1 Å². The molecule has 0 unspecified atom stereocenters. The van der Waals surface area contributed by atoms with Gasteiger partial charge in [0.05, 0.1) is 23.3 Å². The van der Waals surface area contributed by atoms with Crippen molar-refractivity contribution in [1.29, 1.82) is 0 Å². The zero-order chi connectivity index (χ0) is 20.2. The molecule has 0 N–H and O–H groups in total. The Labute approximate surface area is 169 Å². The second-order valence-electron chi connectivity index (χ2n) is 6.58. The van der Waals surface area contributed by atoms with Crippen molar-refractivity contribution in [2.75, 3.05) is 18.0 Å². The first-order valence-electron chi connectivity index (χ1n) is 8.70. The molecule has 0 heterocycles. The number of aryl methyl sites for hydroxylation is 1. The maximum Gasteiger partial charge on any atom is 0.339 e. The number of hydrogen-bond acceptors (Lipinski definition) is 4. The van der Waals surface area contributed by atoms with Gasteiger partial charge in [0.15, 0.2) is 0 Å². The van der Waals surface area contributed by atoms with Crippen LogP contribution in [0.5, 0.6) is 0 Å². The van der Waals surface area contributed by atoms with Gasteiger partial charge in [0, 0.05) is 11.0 Å². The summed E-state index contributed by atoms with van der Waals surface area (Å²) in [6, 6.07) is 11.9. The number of ether oxygens (including phenoxy) is 1. The Morgan fingerprint density at radius 1 is 1.15 bits per heavy atom. The first-order chi connectivity index (χ1) is 12.7. The zero-order valence-corrected chi connectivity index (χ0v) is 18.3. The first-order valence-corrected chi connectivity index (χ1v) is 10.9. The molecule has 5 nitrogen and oxygen atoms in total. The Morgan fingerprint density at radius 3 is 2.30 bits per heavy atom. The third-order valence-electron chi connectivity index (χ3n) is 4.09. The van der Waals surface area contributed by atoms with Gasteiger partial charge < -0.3 is 4.74 Å². The van der Waals surface area contributed by atoms with Gasteiger partial charge in [-0.3, -0.25) is 4.31 Å². The van der Waals surface area contributed by atoms with E-state index in [0.717, 1.165) is 12.0 Å². The topological polar surface area (TPSA) is 63.7 Å². The number of rotatable bonds is 7. The van der Waals surface area contributed by atoms with Gasteiger partial charge in [0.25, 0.3) is 10.0 Å². The SMILES string of the molecule is CCc1ccc(N(CC(C)C)S(=O)(=O)c2ccc(Br)c(C(=O)OC)c2)cc1. The number of esters is 1. The fourth-order valence-corrected chi connectivity index (χ4v) is 4.69. The summed E-state index contributed by atoms with van der Waals surface area (Å²) in [6.07, 6.45) is 0.881. The third-order valence-corrected chi connectivity index (χ3v) is 6.58. The highest BCUT2D eigenvalue weighted by molar-refractivity contribution is 9.10. The number of methoxy groups -OCH3 is 1. The number of nitrogens with zero attached hydrogens (tertiary/aromatic N) is 1. The fraction of sp³-hybridized carbons (Fsp3) is 0.350. The maximum atomic E-state index is 13.4. The third kappa shape index (κ3) is 4.90. The van der Waals surface area contributed by atoms with Crippen LogP contribution in [-0.4, -0.2) is 28.0 Å². The van der Waals surface area contributed by atoms with E-state index in [1.807, 2.05) is 45.0 Å². The van der Waals surface area contributed by atoms with Crippen LogP contribution >= 0.6 is 15.9 Å². The maximum absolute atomic E-state index is 13.4. The monoisotopic (exact) mass is 453 g/mol. The molecule has 0 saturated carbocycles. The summed E-state index contributed by atoms with van der Waals surface area (Å²) in [4.78, 5) is 12.0. The van der Waals surface area contributed by atoms with E-state index in [0.29, 0.717) is 16.7 Å². The predicted molar refractivity (Wildman–Crippen MR) is 111 cm³/mol. The summed E-state index contributed by atoms with van der Waals surface area (Å²) >= 11 is 3.27. The second kappa shape index (κ2) is 8.89. The molecule has 0 spiro atoms. The second-order valence-corrected chi connectivity index (χ2v) is 9.30. The summed E-state index contributed by atoms with van der Waals surface area (Å²) in [5.41, 5.74) is 1.91. The van der Waals surface area contributed by atoms with Crippen molar-refractivity contribution in [3.8, 4) is 0 Å². The van der Waals surface area contributed by atoms with Crippen LogP contribution < -0.4 is 4.31 Å². The number of carbonyl (C=O) groups is 1. The van der Waals surface area contributed by atoms with Gasteiger partial charge >= 0.3 is 5.97 Å². The highest BCUT2D eigenvalue weighted by Crippen LogP contribution is 2.28. The van der Waals surface area contributed by atoms with Crippen molar-refractivity contribution in [1.82, 2.24) is 0 Å². The average molecular weight is 454 g/mol. The smallest absolute Gasteiger partial charge is 0.339 e. The largest absolute Gasteiger partial charge is 0.465 e. The van der Waals surface area contributed by atoms with Crippen LogP contribution in [-0.2, 0) is 21.2 Å². The Bertz CT molecular complexity index is 908. The van der Waals surface area contributed by atoms with Crippen LogP contribution in [0.2, 0.25) is 0 Å². The lowest BCUT2D eigenvalue weighted by Crippen LogP contribution is -2.34. The molecular formula is C20H24BrNO4S. The van der Waals surface area contributed by atoms with Crippen LogP contribution in [0, 0.1) is 5.92 Å². The zero-order valence-electron chi connectivity index (χ0n) is 15.9. The average Bonchev–Trinajstić information content (AvgIpc) is 2.65. The lowest BCUT2D eigenvalue weighted by Gasteiger charge is -2.26. The van der Waals surface area contributed by atoms with Gasteiger partial charge in [-0.2, -0.15) is 0 Å². The lowest BCUT2D eigenvalue weighted by molar-refractivity contribution is 0.0599. The van der Waals surface area contributed by atoms with Crippen molar-refractivity contribution < 1.29 is 17.9 Å². The molecule has 7 heteroatoms. The van der Waals surface area contributed by atoms with Gasteiger partial charge in [-0.1, -0.05) is 32.9 Å². The van der Waals surface area contributed by atoms with Gasteiger partial charge in [0.1, 0.15) is 0 Å². The van der Waals surface area contributed by atoms with Crippen LogP contribution in [0.25, 0.3) is 0 Å². The van der Waals surface area contributed by atoms with E-state index in [1.165, 1.54) is 23.5 Å². The number of benzene rings is 2. The van der Waals surface area contributed by atoms with Crippen LogP contribution in [0.15, 0.2) is 51.8 Å². The predicted octanol–water partition coefficient (Wildman–Crippen LogP) is 4.65. The minimum Gasteiger partial charge on any atom is -0.465 e. The van der Waals surface area contributed by atoms with Crippen molar-refractivity contribution >= 4 is 37.6 Å². The van der Waals surface area contributed by atoms with E-state index in [4.69, 9.17) is 4.74 Å². The molecule has 2 aromatic carbocycles. The number of halogens is 1. The molecule has 0 aliphatic rings. The Morgan fingerprint density at radius 2 is 1.78 bits per heavy atom. The highest BCUT2D eigenvalue weighted by atomic mass is 79.9. The quantitative estimate of drug-likeness (QED) is 0.572. The number of carbonyl (C=O) groups excluding carboxylic acids is 1. The van der Waals surface area contributed by atoms with E-state index in [-0.39, 0.29) is 16.4 Å².